The van der Waals surface area contributed by atoms with Crippen LogP contribution >= 0.6 is 0 Å². The summed E-state index contributed by atoms with van der Waals surface area (Å²) in [6.07, 6.45) is 88.5. The molecule has 482 valence electrons. The number of carbonyl (C=O) groups is 2. The quantitative estimate of drug-likeness (QED) is 0.0320. The summed E-state index contributed by atoms with van der Waals surface area (Å²) in [5, 5.41) is 23.5. The van der Waals surface area contributed by atoms with Crippen LogP contribution in [0.5, 0.6) is 0 Å². The molecular weight excluding hydrogens is 995 g/mol. The van der Waals surface area contributed by atoms with Gasteiger partial charge in [0, 0.05) is 12.8 Å². The fraction of sp³-hybridized carbons (Fsp3) is 0.947. The van der Waals surface area contributed by atoms with Crippen molar-refractivity contribution in [2.75, 3.05) is 13.2 Å². The first-order valence-electron chi connectivity index (χ1n) is 37.4. The largest absolute Gasteiger partial charge is 0.466 e. The maximum atomic E-state index is 12.6. The topological polar surface area (TPSA) is 95.9 Å². The molecule has 0 aliphatic heterocycles. The van der Waals surface area contributed by atoms with E-state index in [1.54, 1.807) is 0 Å². The molecule has 1 amide bonds. The maximum absolute atomic E-state index is 12.6. The number of hydrogen-bond donors (Lipinski definition) is 3. The van der Waals surface area contributed by atoms with Crippen LogP contribution in [0.15, 0.2) is 12.2 Å². The van der Waals surface area contributed by atoms with Crippen LogP contribution in [-0.4, -0.2) is 47.4 Å². The summed E-state index contributed by atoms with van der Waals surface area (Å²) >= 11 is 0. The Morgan fingerprint density at radius 1 is 0.333 bits per heavy atom. The average Bonchev–Trinajstić information content (AvgIpc) is 3.47. The summed E-state index contributed by atoms with van der Waals surface area (Å²) in [6, 6.07) is -0.542. The van der Waals surface area contributed by atoms with Crippen molar-refractivity contribution in [2.24, 2.45) is 0 Å². The molecule has 81 heavy (non-hydrogen) atoms. The molecule has 6 heteroatoms. The molecule has 0 saturated heterocycles. The zero-order valence-corrected chi connectivity index (χ0v) is 55.3. The number of esters is 1. The van der Waals surface area contributed by atoms with Gasteiger partial charge in [-0.05, 0) is 51.4 Å². The second-order valence-corrected chi connectivity index (χ2v) is 26.0. The number of aliphatic hydroxyl groups is 2. The van der Waals surface area contributed by atoms with Crippen molar-refractivity contribution in [3.63, 3.8) is 0 Å². The third-order valence-corrected chi connectivity index (χ3v) is 17.8. The number of unbranched alkanes of at least 4 members (excludes halogenated alkanes) is 58. The molecule has 0 rings (SSSR count). The SMILES string of the molecule is CCCCCCCCCCCCCCCCCCCCCCCCCCC(O)C(CO)NC(=O)CCCCCCCCCCCCCCC/C=C\CCCCCCCCCCCCCCOC(=O)CCCCCCCCCCCCC. The van der Waals surface area contributed by atoms with Crippen LogP contribution < -0.4 is 5.32 Å². The molecule has 2 unspecified atom stereocenters. The van der Waals surface area contributed by atoms with Crippen molar-refractivity contribution in [1.29, 1.82) is 0 Å². The fourth-order valence-corrected chi connectivity index (χ4v) is 12.1. The molecular formula is C75H147NO5. The van der Waals surface area contributed by atoms with Gasteiger partial charge in [-0.3, -0.25) is 9.59 Å². The van der Waals surface area contributed by atoms with Gasteiger partial charge in [0.25, 0.3) is 0 Å². The zero-order valence-electron chi connectivity index (χ0n) is 55.3. The number of amides is 1. The van der Waals surface area contributed by atoms with Crippen LogP contribution in [0.2, 0.25) is 0 Å². The lowest BCUT2D eigenvalue weighted by Gasteiger charge is -2.22. The molecule has 0 aromatic rings. The second kappa shape index (κ2) is 71.1. The third kappa shape index (κ3) is 67.6. The van der Waals surface area contributed by atoms with Crippen LogP contribution in [0.4, 0.5) is 0 Å². The molecule has 0 heterocycles. The lowest BCUT2D eigenvalue weighted by atomic mass is 10.0. The predicted octanol–water partition coefficient (Wildman–Crippen LogP) is 24.3. The molecule has 0 spiro atoms. The summed E-state index contributed by atoms with van der Waals surface area (Å²) in [4.78, 5) is 24.6. The molecule has 0 aromatic carbocycles. The van der Waals surface area contributed by atoms with E-state index in [9.17, 15) is 19.8 Å². The van der Waals surface area contributed by atoms with E-state index in [0.717, 1.165) is 38.5 Å². The van der Waals surface area contributed by atoms with E-state index in [0.29, 0.717) is 25.9 Å². The normalized spacial score (nSPS) is 12.5. The summed E-state index contributed by atoms with van der Waals surface area (Å²) in [7, 11) is 0. The Morgan fingerprint density at radius 2 is 0.580 bits per heavy atom. The van der Waals surface area contributed by atoms with Crippen LogP contribution in [0.3, 0.4) is 0 Å². The fourth-order valence-electron chi connectivity index (χ4n) is 12.1. The van der Waals surface area contributed by atoms with E-state index in [-0.39, 0.29) is 18.5 Å². The molecule has 0 aromatic heterocycles. The first-order chi connectivity index (χ1) is 40.0. The Balaban J connectivity index is 3.37. The van der Waals surface area contributed by atoms with Crippen molar-refractivity contribution in [2.45, 2.75) is 443 Å². The summed E-state index contributed by atoms with van der Waals surface area (Å²) in [6.45, 7) is 5.00. The van der Waals surface area contributed by atoms with Crippen molar-refractivity contribution >= 4 is 11.9 Å². The zero-order chi connectivity index (χ0) is 58.5. The van der Waals surface area contributed by atoms with Gasteiger partial charge in [-0.1, -0.05) is 379 Å². The Bertz CT molecular complexity index is 1220. The van der Waals surface area contributed by atoms with Gasteiger partial charge in [0.2, 0.25) is 5.91 Å². The number of rotatable bonds is 71. The summed E-state index contributed by atoms with van der Waals surface area (Å²) in [5.41, 5.74) is 0. The van der Waals surface area contributed by atoms with Gasteiger partial charge in [0.1, 0.15) is 0 Å². The molecule has 0 aliphatic carbocycles. The lowest BCUT2D eigenvalue weighted by Crippen LogP contribution is -2.45. The van der Waals surface area contributed by atoms with Crippen LogP contribution in [-0.2, 0) is 14.3 Å². The van der Waals surface area contributed by atoms with Crippen LogP contribution in [0, 0.1) is 0 Å². The van der Waals surface area contributed by atoms with Crippen molar-refractivity contribution in [3.05, 3.63) is 12.2 Å². The highest BCUT2D eigenvalue weighted by Crippen LogP contribution is 2.20. The highest BCUT2D eigenvalue weighted by molar-refractivity contribution is 5.76. The van der Waals surface area contributed by atoms with Gasteiger partial charge in [0.15, 0.2) is 0 Å². The molecule has 2 atom stereocenters. The molecule has 0 aliphatic rings. The van der Waals surface area contributed by atoms with Gasteiger partial charge in [-0.25, -0.2) is 0 Å². The second-order valence-electron chi connectivity index (χ2n) is 26.0. The smallest absolute Gasteiger partial charge is 0.305 e. The molecule has 6 nitrogen and oxygen atoms in total. The van der Waals surface area contributed by atoms with Gasteiger partial charge < -0.3 is 20.3 Å². The van der Waals surface area contributed by atoms with E-state index in [2.05, 4.69) is 31.3 Å². The first kappa shape index (κ1) is 79.6. The van der Waals surface area contributed by atoms with Crippen LogP contribution in [0.1, 0.15) is 431 Å². The molecule has 0 saturated carbocycles. The summed E-state index contributed by atoms with van der Waals surface area (Å²) < 4.78 is 5.48. The highest BCUT2D eigenvalue weighted by atomic mass is 16.5. The van der Waals surface area contributed by atoms with E-state index in [1.807, 2.05) is 0 Å². The van der Waals surface area contributed by atoms with Gasteiger partial charge in [-0.2, -0.15) is 0 Å². The number of aliphatic hydroxyl groups excluding tert-OH is 2. The predicted molar refractivity (Wildman–Crippen MR) is 357 cm³/mol. The number of ether oxygens (including phenoxy) is 1. The van der Waals surface area contributed by atoms with Crippen molar-refractivity contribution in [3.8, 4) is 0 Å². The van der Waals surface area contributed by atoms with E-state index in [4.69, 9.17) is 4.74 Å². The minimum absolute atomic E-state index is 0.0173. The number of nitrogens with one attached hydrogen (secondary N) is 1. The Hall–Kier alpha value is -1.40. The van der Waals surface area contributed by atoms with E-state index in [1.165, 1.54) is 360 Å². The monoisotopic (exact) mass is 1140 g/mol. The minimum Gasteiger partial charge on any atom is -0.466 e. The average molecular weight is 1140 g/mol. The highest BCUT2D eigenvalue weighted by Gasteiger charge is 2.20. The van der Waals surface area contributed by atoms with Crippen molar-refractivity contribution < 1.29 is 24.5 Å². The van der Waals surface area contributed by atoms with Crippen LogP contribution in [0.25, 0.3) is 0 Å². The van der Waals surface area contributed by atoms with Gasteiger partial charge in [0.05, 0.1) is 25.4 Å². The van der Waals surface area contributed by atoms with E-state index < -0.39 is 12.1 Å². The van der Waals surface area contributed by atoms with Gasteiger partial charge >= 0.3 is 5.97 Å². The first-order valence-corrected chi connectivity index (χ1v) is 37.4. The van der Waals surface area contributed by atoms with Crippen molar-refractivity contribution in [1.82, 2.24) is 5.32 Å². The van der Waals surface area contributed by atoms with Gasteiger partial charge in [-0.15, -0.1) is 0 Å². The standard InChI is InChI=1S/C75H147NO5/c1-3-5-7-9-11-13-15-16-17-18-19-20-21-29-32-35-38-41-44-48-51-55-59-63-67-73(78)72(71-77)76-74(79)68-64-60-56-52-49-45-42-39-36-33-30-27-25-23-22-24-26-28-31-34-37-40-43-46-50-54-58-62-66-70-81-75(80)69-65-61-57-53-47-14-12-10-8-6-4-2/h22,24,72-73,77-78H,3-21,23,25-71H2,1-2H3,(H,76,79)/b24-22-. The third-order valence-electron chi connectivity index (χ3n) is 17.8. The molecule has 0 fully saturated rings. The molecule has 0 bridgehead atoms. The molecule has 3 N–H and O–H groups in total. The Kier molecular flexibility index (Phi) is 69.9. The Labute approximate surface area is 508 Å². The number of carbonyl (C=O) groups excluding carboxylic acids is 2. The number of hydrogen-bond acceptors (Lipinski definition) is 5. The number of allylic oxidation sites excluding steroid dienone is 2. The Morgan fingerprint density at radius 3 is 0.877 bits per heavy atom. The maximum Gasteiger partial charge on any atom is 0.305 e. The minimum atomic E-state index is -0.665. The lowest BCUT2D eigenvalue weighted by molar-refractivity contribution is -0.143. The summed E-state index contributed by atoms with van der Waals surface area (Å²) in [5.74, 6) is -0.0111. The van der Waals surface area contributed by atoms with E-state index >= 15 is 0 Å². The molecule has 0 radical (unpaired) electrons.